The molecule has 2 rings (SSSR count). The van der Waals surface area contributed by atoms with Gasteiger partial charge in [0.15, 0.2) is 0 Å². The monoisotopic (exact) mass is 189 g/mol. The fourth-order valence-electron chi connectivity index (χ4n) is 1.68. The van der Waals surface area contributed by atoms with Crippen LogP contribution in [0.15, 0.2) is 0 Å². The lowest BCUT2D eigenvalue weighted by Crippen LogP contribution is -2.30. The van der Waals surface area contributed by atoms with Gasteiger partial charge in [0.2, 0.25) is 5.91 Å². The molecule has 1 saturated carbocycles. The zero-order valence-electron chi connectivity index (χ0n) is 4.93. The number of amides is 1. The van der Waals surface area contributed by atoms with E-state index in [4.69, 9.17) is 0 Å². The lowest BCUT2D eigenvalue weighted by atomic mass is 10.1. The second-order valence-corrected chi connectivity index (χ2v) is 3.80. The molecule has 50 valence electrons. The molecule has 2 fully saturated rings. The van der Waals surface area contributed by atoms with E-state index in [1.165, 1.54) is 0 Å². The highest BCUT2D eigenvalue weighted by atomic mass is 79.9. The van der Waals surface area contributed by atoms with E-state index < -0.39 is 0 Å². The van der Waals surface area contributed by atoms with E-state index in [2.05, 4.69) is 21.2 Å². The summed E-state index contributed by atoms with van der Waals surface area (Å²) in [6, 6.07) is 0.433. The minimum atomic E-state index is 0.244. The van der Waals surface area contributed by atoms with E-state index in [1.54, 1.807) is 0 Å². The molecule has 3 unspecified atom stereocenters. The molecule has 2 aliphatic rings. The average Bonchev–Trinajstić information content (AvgIpc) is 2.25. The summed E-state index contributed by atoms with van der Waals surface area (Å²) in [7, 11) is 0. The van der Waals surface area contributed by atoms with E-state index in [0.717, 1.165) is 12.8 Å². The Kier molecular flexibility index (Phi) is 1.09. The van der Waals surface area contributed by atoms with Crippen molar-refractivity contribution in [1.29, 1.82) is 0 Å². The molecule has 9 heavy (non-hydrogen) atoms. The van der Waals surface area contributed by atoms with E-state index in [0.29, 0.717) is 10.9 Å². The molecule has 1 aliphatic heterocycles. The summed E-state index contributed by atoms with van der Waals surface area (Å²) in [4.78, 5) is 11.3. The van der Waals surface area contributed by atoms with E-state index in [1.807, 2.05) is 0 Å². The molecule has 1 saturated heterocycles. The van der Waals surface area contributed by atoms with Crippen molar-refractivity contribution in [2.24, 2.45) is 5.92 Å². The average molecular weight is 190 g/mol. The maximum atomic E-state index is 10.9. The van der Waals surface area contributed by atoms with Crippen molar-refractivity contribution >= 4 is 21.8 Å². The third kappa shape index (κ3) is 0.641. The zero-order chi connectivity index (χ0) is 6.43. The topological polar surface area (TPSA) is 29.1 Å². The SMILES string of the molecule is O=C1NC2CCC1C2Br. The van der Waals surface area contributed by atoms with Gasteiger partial charge in [0.05, 0.1) is 5.92 Å². The van der Waals surface area contributed by atoms with Crippen LogP contribution in [-0.2, 0) is 4.79 Å². The number of halogens is 1. The first-order valence-corrected chi connectivity index (χ1v) is 4.15. The van der Waals surface area contributed by atoms with Crippen LogP contribution < -0.4 is 5.32 Å². The maximum absolute atomic E-state index is 10.9. The van der Waals surface area contributed by atoms with Gasteiger partial charge in [-0.3, -0.25) is 4.79 Å². The Morgan fingerprint density at radius 3 is 2.56 bits per heavy atom. The van der Waals surface area contributed by atoms with Crippen LogP contribution in [0, 0.1) is 5.92 Å². The molecule has 3 atom stereocenters. The second-order valence-electron chi connectivity index (χ2n) is 2.74. The first-order chi connectivity index (χ1) is 4.29. The maximum Gasteiger partial charge on any atom is 0.224 e. The van der Waals surface area contributed by atoms with Crippen LogP contribution in [0.2, 0.25) is 0 Å². The van der Waals surface area contributed by atoms with Gasteiger partial charge in [0.25, 0.3) is 0 Å². The van der Waals surface area contributed by atoms with Gasteiger partial charge in [0, 0.05) is 10.9 Å². The number of rotatable bonds is 0. The van der Waals surface area contributed by atoms with Crippen LogP contribution >= 0.6 is 15.9 Å². The summed E-state index contributed by atoms with van der Waals surface area (Å²) in [5.74, 6) is 0.517. The highest BCUT2D eigenvalue weighted by molar-refractivity contribution is 9.09. The zero-order valence-corrected chi connectivity index (χ0v) is 6.52. The third-order valence-electron chi connectivity index (χ3n) is 2.22. The van der Waals surface area contributed by atoms with Crippen molar-refractivity contribution in [3.63, 3.8) is 0 Å². The molecule has 0 aromatic rings. The first-order valence-electron chi connectivity index (χ1n) is 3.23. The van der Waals surface area contributed by atoms with Crippen molar-refractivity contribution in [1.82, 2.24) is 5.32 Å². The van der Waals surface area contributed by atoms with Gasteiger partial charge in [0.1, 0.15) is 0 Å². The van der Waals surface area contributed by atoms with Gasteiger partial charge in [-0.2, -0.15) is 0 Å². The normalized spacial score (nSPS) is 47.7. The predicted octanol–water partition coefficient (Wildman–Crippen LogP) is 0.658. The molecule has 0 aromatic heterocycles. The second kappa shape index (κ2) is 1.72. The largest absolute Gasteiger partial charge is 0.352 e. The molecule has 2 bridgehead atoms. The predicted molar refractivity (Wildman–Crippen MR) is 37.4 cm³/mol. The highest BCUT2D eigenvalue weighted by Gasteiger charge is 2.45. The van der Waals surface area contributed by atoms with E-state index in [-0.39, 0.29) is 11.8 Å². The number of piperidine rings is 1. The summed E-state index contributed by atoms with van der Waals surface area (Å²) < 4.78 is 0. The molecule has 3 heteroatoms. The smallest absolute Gasteiger partial charge is 0.224 e. The van der Waals surface area contributed by atoms with Gasteiger partial charge < -0.3 is 5.32 Å². The van der Waals surface area contributed by atoms with Crippen LogP contribution in [0.3, 0.4) is 0 Å². The number of hydrogen-bond acceptors (Lipinski definition) is 1. The Morgan fingerprint density at radius 2 is 2.33 bits per heavy atom. The third-order valence-corrected chi connectivity index (χ3v) is 3.50. The van der Waals surface area contributed by atoms with Crippen LogP contribution in [0.4, 0.5) is 0 Å². The van der Waals surface area contributed by atoms with Gasteiger partial charge in [-0.15, -0.1) is 0 Å². The van der Waals surface area contributed by atoms with Gasteiger partial charge in [-0.1, -0.05) is 15.9 Å². The van der Waals surface area contributed by atoms with Crippen LogP contribution in [0.25, 0.3) is 0 Å². The Morgan fingerprint density at radius 1 is 1.56 bits per heavy atom. The van der Waals surface area contributed by atoms with Crippen LogP contribution in [-0.4, -0.2) is 16.8 Å². The molecular formula is C6H8BrNO. The van der Waals surface area contributed by atoms with Gasteiger partial charge in [-0.25, -0.2) is 0 Å². The minimum absolute atomic E-state index is 0.244. The molecule has 0 aromatic carbocycles. The van der Waals surface area contributed by atoms with Gasteiger partial charge >= 0.3 is 0 Å². The Hall–Kier alpha value is -0.0500. The number of fused-ring (bicyclic) bond motifs is 2. The highest BCUT2D eigenvalue weighted by Crippen LogP contribution is 2.36. The number of carbonyl (C=O) groups is 1. The fourth-order valence-corrected chi connectivity index (χ4v) is 2.58. The lowest BCUT2D eigenvalue weighted by molar-refractivity contribution is -0.123. The summed E-state index contributed by atoms with van der Waals surface area (Å²) in [5.41, 5.74) is 0. The standard InChI is InChI=1S/C6H8BrNO/c7-5-3-1-2-4(5)8-6(3)9/h3-5H,1-2H2,(H,8,9). The van der Waals surface area contributed by atoms with Crippen molar-refractivity contribution in [2.45, 2.75) is 23.7 Å². The Labute approximate surface area is 62.1 Å². The molecule has 1 heterocycles. The molecular weight excluding hydrogens is 182 g/mol. The number of hydrogen-bond donors (Lipinski definition) is 1. The van der Waals surface area contributed by atoms with Crippen molar-refractivity contribution in [3.8, 4) is 0 Å². The lowest BCUT2D eigenvalue weighted by Gasteiger charge is -2.08. The molecule has 2 nitrogen and oxygen atoms in total. The van der Waals surface area contributed by atoms with Crippen molar-refractivity contribution < 1.29 is 4.79 Å². The number of carbonyl (C=O) groups excluding carboxylic acids is 1. The van der Waals surface area contributed by atoms with Crippen LogP contribution in [0.1, 0.15) is 12.8 Å². The Bertz CT molecular complexity index is 159. The number of alkyl halides is 1. The molecule has 0 spiro atoms. The quantitative estimate of drug-likeness (QED) is 0.558. The molecule has 1 aliphatic carbocycles. The summed E-state index contributed by atoms with van der Waals surface area (Å²) in [6.45, 7) is 0. The number of nitrogens with one attached hydrogen (secondary N) is 1. The first kappa shape index (κ1) is 5.71. The molecule has 0 radical (unpaired) electrons. The van der Waals surface area contributed by atoms with E-state index in [9.17, 15) is 4.79 Å². The molecule has 1 amide bonds. The molecule has 1 N–H and O–H groups in total. The summed E-state index contributed by atoms with van der Waals surface area (Å²) in [5, 5.41) is 2.92. The van der Waals surface area contributed by atoms with Crippen molar-refractivity contribution in [2.75, 3.05) is 0 Å². The fraction of sp³-hybridized carbons (Fsp3) is 0.833. The summed E-state index contributed by atoms with van der Waals surface area (Å²) >= 11 is 3.49. The summed E-state index contributed by atoms with van der Waals surface area (Å²) in [6.07, 6.45) is 2.23. The minimum Gasteiger partial charge on any atom is -0.352 e. The van der Waals surface area contributed by atoms with E-state index >= 15 is 0 Å². The van der Waals surface area contributed by atoms with Crippen LogP contribution in [0.5, 0.6) is 0 Å². The van der Waals surface area contributed by atoms with Crippen molar-refractivity contribution in [3.05, 3.63) is 0 Å². The Balaban J connectivity index is 2.26. The van der Waals surface area contributed by atoms with Gasteiger partial charge in [-0.05, 0) is 12.8 Å².